The van der Waals surface area contributed by atoms with Gasteiger partial charge in [-0.05, 0) is 19.3 Å². The van der Waals surface area contributed by atoms with E-state index < -0.39 is 27.4 Å². The van der Waals surface area contributed by atoms with E-state index in [4.69, 9.17) is 4.55 Å². The number of alkyl halides is 2. The summed E-state index contributed by atoms with van der Waals surface area (Å²) in [5, 5.41) is -4.98. The van der Waals surface area contributed by atoms with Crippen molar-refractivity contribution in [3.05, 3.63) is 0 Å². The van der Waals surface area contributed by atoms with Gasteiger partial charge in [0, 0.05) is 12.8 Å². The molecule has 0 aromatic rings. The maximum Gasteiger partial charge on any atom is 0.465 e. The second-order valence-corrected chi connectivity index (χ2v) is 5.45. The molecule has 6 nitrogen and oxygen atoms in total. The number of Topliss-reactive ketones (excluding diaryl/α,β-unsaturated/α-hetero) is 1. The molecule has 18 heavy (non-hydrogen) atoms. The van der Waals surface area contributed by atoms with Crippen molar-refractivity contribution in [2.45, 2.75) is 43.5 Å². The normalized spacial score (nSPS) is 22.4. The zero-order valence-corrected chi connectivity index (χ0v) is 10.1. The quantitative estimate of drug-likeness (QED) is 0.470. The first-order valence-electron chi connectivity index (χ1n) is 5.22. The van der Waals surface area contributed by atoms with Crippen molar-refractivity contribution in [1.82, 2.24) is 0 Å². The molecule has 1 aliphatic carbocycles. The maximum absolute atomic E-state index is 12.9. The second-order valence-electron chi connectivity index (χ2n) is 3.99. The van der Waals surface area contributed by atoms with Gasteiger partial charge in [0.1, 0.15) is 11.9 Å². The minimum Gasteiger partial charge on any atom is -0.457 e. The SMILES string of the molecule is O=C1CCCC(OC(=O)C(F)(F)S(=O)(=O)O)CC1. The molecule has 0 heterocycles. The van der Waals surface area contributed by atoms with E-state index in [0.29, 0.717) is 6.42 Å². The van der Waals surface area contributed by atoms with Crippen LogP contribution in [0.2, 0.25) is 0 Å². The summed E-state index contributed by atoms with van der Waals surface area (Å²) < 4.78 is 58.9. The Balaban J connectivity index is 2.68. The molecule has 1 fully saturated rings. The fourth-order valence-corrected chi connectivity index (χ4v) is 1.82. The van der Waals surface area contributed by atoms with Crippen molar-refractivity contribution < 1.29 is 36.1 Å². The van der Waals surface area contributed by atoms with Crippen LogP contribution in [0.3, 0.4) is 0 Å². The van der Waals surface area contributed by atoms with E-state index in [1.54, 1.807) is 0 Å². The van der Waals surface area contributed by atoms with Gasteiger partial charge >= 0.3 is 21.3 Å². The van der Waals surface area contributed by atoms with Gasteiger partial charge < -0.3 is 4.74 Å². The molecule has 1 atom stereocenters. The van der Waals surface area contributed by atoms with Crippen LogP contribution in [-0.4, -0.2) is 36.1 Å². The molecule has 104 valence electrons. The third-order valence-electron chi connectivity index (χ3n) is 2.56. The first kappa shape index (κ1) is 15.0. The molecule has 0 bridgehead atoms. The molecule has 1 saturated carbocycles. The highest BCUT2D eigenvalue weighted by Gasteiger charge is 2.54. The van der Waals surface area contributed by atoms with Crippen molar-refractivity contribution in [3.8, 4) is 0 Å². The lowest BCUT2D eigenvalue weighted by molar-refractivity contribution is -0.167. The number of esters is 1. The highest BCUT2D eigenvalue weighted by Crippen LogP contribution is 2.25. The molecule has 0 aromatic carbocycles. The topological polar surface area (TPSA) is 97.7 Å². The Morgan fingerprint density at radius 2 is 1.94 bits per heavy atom. The van der Waals surface area contributed by atoms with Crippen LogP contribution in [0.15, 0.2) is 0 Å². The van der Waals surface area contributed by atoms with Crippen LogP contribution < -0.4 is 0 Å². The van der Waals surface area contributed by atoms with Crippen LogP contribution in [0.25, 0.3) is 0 Å². The first-order chi connectivity index (χ1) is 8.14. The smallest absolute Gasteiger partial charge is 0.457 e. The van der Waals surface area contributed by atoms with E-state index in [1.807, 2.05) is 0 Å². The zero-order chi connectivity index (χ0) is 14.0. The van der Waals surface area contributed by atoms with E-state index in [9.17, 15) is 26.8 Å². The summed E-state index contributed by atoms with van der Waals surface area (Å²) in [5.41, 5.74) is 0. The van der Waals surface area contributed by atoms with E-state index in [2.05, 4.69) is 4.74 Å². The predicted octanol–water partition coefficient (Wildman–Crippen LogP) is 0.912. The molecule has 1 N–H and O–H groups in total. The van der Waals surface area contributed by atoms with Crippen LogP contribution in [0.1, 0.15) is 32.1 Å². The van der Waals surface area contributed by atoms with Crippen LogP contribution in [0.4, 0.5) is 8.78 Å². The molecule has 0 spiro atoms. The minimum atomic E-state index is -5.85. The van der Waals surface area contributed by atoms with Gasteiger partial charge in [0.05, 0.1) is 0 Å². The van der Waals surface area contributed by atoms with Gasteiger partial charge in [-0.15, -0.1) is 0 Å². The summed E-state index contributed by atoms with van der Waals surface area (Å²) in [6.45, 7) is 0. The number of rotatable bonds is 3. The van der Waals surface area contributed by atoms with Crippen molar-refractivity contribution in [2.24, 2.45) is 0 Å². The average molecular weight is 286 g/mol. The van der Waals surface area contributed by atoms with Gasteiger partial charge in [0.25, 0.3) is 0 Å². The van der Waals surface area contributed by atoms with Crippen molar-refractivity contribution in [2.75, 3.05) is 0 Å². The van der Waals surface area contributed by atoms with Gasteiger partial charge in [-0.1, -0.05) is 0 Å². The highest BCUT2D eigenvalue weighted by atomic mass is 32.2. The third kappa shape index (κ3) is 3.45. The molecule has 0 aliphatic heterocycles. The number of hydrogen-bond acceptors (Lipinski definition) is 5. The largest absolute Gasteiger partial charge is 0.465 e. The summed E-state index contributed by atoms with van der Waals surface area (Å²) in [4.78, 5) is 22.0. The molecule has 9 heteroatoms. The lowest BCUT2D eigenvalue weighted by Crippen LogP contribution is -2.40. The van der Waals surface area contributed by atoms with Crippen molar-refractivity contribution in [3.63, 3.8) is 0 Å². The fraction of sp³-hybridized carbons (Fsp3) is 0.778. The van der Waals surface area contributed by atoms with Crippen LogP contribution in [0.5, 0.6) is 0 Å². The van der Waals surface area contributed by atoms with Crippen LogP contribution >= 0.6 is 0 Å². The Morgan fingerprint density at radius 3 is 2.50 bits per heavy atom. The molecule has 1 rings (SSSR count). The van der Waals surface area contributed by atoms with E-state index in [0.717, 1.165) is 0 Å². The minimum absolute atomic E-state index is 0.0601. The Bertz CT molecular complexity index is 444. The summed E-state index contributed by atoms with van der Waals surface area (Å²) in [7, 11) is -5.85. The van der Waals surface area contributed by atoms with E-state index in [-0.39, 0.29) is 31.5 Å². The summed E-state index contributed by atoms with van der Waals surface area (Å²) >= 11 is 0. The van der Waals surface area contributed by atoms with Crippen LogP contribution in [-0.2, 0) is 24.4 Å². The van der Waals surface area contributed by atoms with Crippen molar-refractivity contribution >= 4 is 21.9 Å². The van der Waals surface area contributed by atoms with Gasteiger partial charge in [-0.2, -0.15) is 17.2 Å². The first-order valence-corrected chi connectivity index (χ1v) is 6.66. The number of ketones is 1. The third-order valence-corrected chi connectivity index (χ3v) is 3.38. The highest BCUT2D eigenvalue weighted by molar-refractivity contribution is 7.87. The predicted molar refractivity (Wildman–Crippen MR) is 54.5 cm³/mol. The summed E-state index contributed by atoms with van der Waals surface area (Å²) in [6.07, 6.45) is 0.105. The molecule has 1 unspecified atom stereocenters. The molecule has 1 aliphatic rings. The Morgan fingerprint density at radius 1 is 1.33 bits per heavy atom. The zero-order valence-electron chi connectivity index (χ0n) is 9.27. The van der Waals surface area contributed by atoms with Gasteiger partial charge in [0.15, 0.2) is 0 Å². The second kappa shape index (κ2) is 5.27. The fourth-order valence-electron chi connectivity index (χ4n) is 1.56. The summed E-state index contributed by atoms with van der Waals surface area (Å²) in [6, 6.07) is 0. The standard InChI is InChI=1S/C9H12F2O6S/c10-9(11,18(14,15)16)8(13)17-7-3-1-2-6(12)4-5-7/h7H,1-5H2,(H,14,15,16). The molecular formula is C9H12F2O6S. The van der Waals surface area contributed by atoms with Gasteiger partial charge in [-0.3, -0.25) is 9.35 Å². The molecule has 0 amide bonds. The Kier molecular flexibility index (Phi) is 4.38. The van der Waals surface area contributed by atoms with E-state index >= 15 is 0 Å². The maximum atomic E-state index is 12.9. The Hall–Kier alpha value is -1.09. The van der Waals surface area contributed by atoms with Gasteiger partial charge in [0.2, 0.25) is 0 Å². The lowest BCUT2D eigenvalue weighted by Gasteiger charge is -2.18. The monoisotopic (exact) mass is 286 g/mol. The average Bonchev–Trinajstić information content (AvgIpc) is 2.42. The summed E-state index contributed by atoms with van der Waals surface area (Å²) in [5.74, 6) is -2.38. The number of hydrogen-bond donors (Lipinski definition) is 1. The number of halogens is 2. The molecular weight excluding hydrogens is 274 g/mol. The lowest BCUT2D eigenvalue weighted by atomic mass is 10.1. The number of ether oxygens (including phenoxy) is 1. The van der Waals surface area contributed by atoms with Crippen molar-refractivity contribution in [1.29, 1.82) is 0 Å². The molecule has 0 aromatic heterocycles. The number of carbonyl (C=O) groups excluding carboxylic acids is 2. The Labute approximate surface area is 102 Å². The molecule has 0 saturated heterocycles. The van der Waals surface area contributed by atoms with Gasteiger partial charge in [-0.25, -0.2) is 4.79 Å². The van der Waals surface area contributed by atoms with E-state index in [1.165, 1.54) is 0 Å². The number of carbonyl (C=O) groups is 2. The van der Waals surface area contributed by atoms with Crippen LogP contribution in [0, 0.1) is 0 Å². The molecule has 0 radical (unpaired) electrons.